The summed E-state index contributed by atoms with van der Waals surface area (Å²) in [5, 5.41) is 15.7. The Morgan fingerprint density at radius 1 is 0.972 bits per heavy atom. The van der Waals surface area contributed by atoms with Crippen molar-refractivity contribution in [1.82, 2.24) is 9.78 Å². The molecule has 1 heterocycles. The lowest BCUT2D eigenvalue weighted by Crippen LogP contribution is -2.03. The molecule has 0 bridgehead atoms. The lowest BCUT2D eigenvalue weighted by atomic mass is 9.93. The van der Waals surface area contributed by atoms with Crippen LogP contribution in [0.15, 0.2) is 104 Å². The van der Waals surface area contributed by atoms with E-state index in [1.807, 2.05) is 12.2 Å². The number of nitrogens with zero attached hydrogens (tertiary/aromatic N) is 3. The number of hydrogen-bond acceptors (Lipinski definition) is 3. The third-order valence-corrected chi connectivity index (χ3v) is 5.85. The molecule has 0 aliphatic rings. The van der Waals surface area contributed by atoms with E-state index in [2.05, 4.69) is 116 Å². The molecule has 0 radical (unpaired) electrons. The van der Waals surface area contributed by atoms with E-state index < -0.39 is 0 Å². The van der Waals surface area contributed by atoms with Crippen molar-refractivity contribution < 1.29 is 0 Å². The fourth-order valence-electron chi connectivity index (χ4n) is 4.03. The van der Waals surface area contributed by atoms with Crippen molar-refractivity contribution in [2.45, 2.75) is 33.1 Å². The third-order valence-electron chi connectivity index (χ3n) is 5.85. The van der Waals surface area contributed by atoms with Gasteiger partial charge in [0.25, 0.3) is 0 Å². The second-order valence-corrected chi connectivity index (χ2v) is 8.70. The summed E-state index contributed by atoms with van der Waals surface area (Å²) in [5.74, 6) is 0.213. The first-order valence-corrected chi connectivity index (χ1v) is 12.1. The number of aromatic nitrogens is 2. The molecule has 0 saturated heterocycles. The molecular formula is C32H34N4. The molecule has 4 heteroatoms. The highest BCUT2D eigenvalue weighted by Crippen LogP contribution is 2.29. The summed E-state index contributed by atoms with van der Waals surface area (Å²) >= 11 is 0. The molecule has 4 nitrogen and oxygen atoms in total. The van der Waals surface area contributed by atoms with Gasteiger partial charge in [-0.25, -0.2) is 4.68 Å². The summed E-state index contributed by atoms with van der Waals surface area (Å²) in [4.78, 5) is 0. The van der Waals surface area contributed by atoms with Crippen LogP contribution in [0.4, 0.5) is 5.69 Å². The lowest BCUT2D eigenvalue weighted by molar-refractivity contribution is 0.773. The average Bonchev–Trinajstić information content (AvgIpc) is 3.31. The molecule has 1 unspecified atom stereocenters. The Morgan fingerprint density at radius 3 is 2.28 bits per heavy atom. The highest BCUT2D eigenvalue weighted by Gasteiger charge is 2.16. The Morgan fingerprint density at radius 2 is 1.67 bits per heavy atom. The van der Waals surface area contributed by atoms with Crippen LogP contribution in [0.3, 0.4) is 0 Å². The molecule has 0 spiro atoms. The summed E-state index contributed by atoms with van der Waals surface area (Å²) < 4.78 is 2.05. The van der Waals surface area contributed by atoms with Gasteiger partial charge in [0.05, 0.1) is 23.1 Å². The summed E-state index contributed by atoms with van der Waals surface area (Å²) in [6.45, 7) is 14.3. The van der Waals surface area contributed by atoms with Crippen LogP contribution >= 0.6 is 0 Å². The van der Waals surface area contributed by atoms with Crippen molar-refractivity contribution in [2.24, 2.45) is 0 Å². The molecule has 1 N–H and O–H groups in total. The summed E-state index contributed by atoms with van der Waals surface area (Å²) in [6, 6.07) is 29.6. The zero-order valence-corrected chi connectivity index (χ0v) is 21.4. The molecule has 36 heavy (non-hydrogen) atoms. The topological polar surface area (TPSA) is 53.6 Å². The minimum atomic E-state index is 0.213. The maximum absolute atomic E-state index is 7.32. The zero-order valence-electron chi connectivity index (χ0n) is 21.4. The summed E-state index contributed by atoms with van der Waals surface area (Å²) in [7, 11) is 0. The van der Waals surface area contributed by atoms with Crippen molar-refractivity contribution in [2.75, 3.05) is 11.9 Å². The minimum Gasteiger partial charge on any atom is -0.382 e. The lowest BCUT2D eigenvalue weighted by Gasteiger charge is -2.12. The van der Waals surface area contributed by atoms with Crippen LogP contribution in [0.1, 0.15) is 35.2 Å². The van der Waals surface area contributed by atoms with Gasteiger partial charge in [-0.1, -0.05) is 71.8 Å². The molecular weight excluding hydrogens is 440 g/mol. The van der Waals surface area contributed by atoms with E-state index in [0.717, 1.165) is 41.3 Å². The van der Waals surface area contributed by atoms with E-state index in [1.54, 1.807) is 6.07 Å². The second kappa shape index (κ2) is 12.9. The number of rotatable bonds is 9. The highest BCUT2D eigenvalue weighted by atomic mass is 15.3. The van der Waals surface area contributed by atoms with Crippen LogP contribution in [0.2, 0.25) is 0 Å². The molecule has 4 aromatic rings. The quantitative estimate of drug-likeness (QED) is 0.252. The van der Waals surface area contributed by atoms with Gasteiger partial charge in [-0.3, -0.25) is 0 Å². The standard InChI is InChI=1S/C30H31N3.C2H3N/c1-5-18-31-27-14-12-25(13-15-27)30-21-28(32-33(30)29-16-10-22(3)11-17-29)20-24(6-2)26-9-7-8-23(4)19-26;1-2-3/h5-17,19,21,24,31H,1-2,18,20H2,3-4H3;1H3. The van der Waals surface area contributed by atoms with Gasteiger partial charge in [-0.15, -0.1) is 13.2 Å². The number of hydrogen-bond donors (Lipinski definition) is 1. The van der Waals surface area contributed by atoms with E-state index in [4.69, 9.17) is 10.4 Å². The molecule has 182 valence electrons. The van der Waals surface area contributed by atoms with Gasteiger partial charge in [-0.05, 0) is 49.7 Å². The monoisotopic (exact) mass is 474 g/mol. The van der Waals surface area contributed by atoms with Crippen LogP contribution in [-0.2, 0) is 6.42 Å². The van der Waals surface area contributed by atoms with Gasteiger partial charge in [0.1, 0.15) is 0 Å². The Kier molecular flexibility index (Phi) is 9.42. The Bertz CT molecular complexity index is 1320. The van der Waals surface area contributed by atoms with E-state index >= 15 is 0 Å². The predicted octanol–water partition coefficient (Wildman–Crippen LogP) is 7.80. The van der Waals surface area contributed by atoms with Crippen molar-refractivity contribution in [3.8, 4) is 23.0 Å². The third kappa shape index (κ3) is 6.84. The Balaban J connectivity index is 0.00000115. The number of anilines is 1. The average molecular weight is 475 g/mol. The first kappa shape index (κ1) is 26.2. The van der Waals surface area contributed by atoms with Crippen LogP contribution in [0, 0.1) is 25.2 Å². The fraction of sp³-hybridized carbons (Fsp3) is 0.188. The van der Waals surface area contributed by atoms with Crippen molar-refractivity contribution in [1.29, 1.82) is 5.26 Å². The van der Waals surface area contributed by atoms with E-state index in [1.165, 1.54) is 23.6 Å². The SMILES string of the molecule is C=CCNc1ccc(-c2cc(CC(C=C)c3cccc(C)c3)nn2-c2ccc(C)cc2)cc1.CC#N. The highest BCUT2D eigenvalue weighted by molar-refractivity contribution is 5.65. The van der Waals surface area contributed by atoms with E-state index in [9.17, 15) is 0 Å². The number of allylic oxidation sites excluding steroid dienone is 1. The van der Waals surface area contributed by atoms with Crippen LogP contribution in [-0.4, -0.2) is 16.3 Å². The van der Waals surface area contributed by atoms with Gasteiger partial charge in [0.15, 0.2) is 0 Å². The van der Waals surface area contributed by atoms with Crippen LogP contribution < -0.4 is 5.32 Å². The van der Waals surface area contributed by atoms with Crippen molar-refractivity contribution in [3.63, 3.8) is 0 Å². The molecule has 3 aromatic carbocycles. The normalized spacial score (nSPS) is 10.9. The Labute approximate surface area is 215 Å². The van der Waals surface area contributed by atoms with Gasteiger partial charge < -0.3 is 5.32 Å². The largest absolute Gasteiger partial charge is 0.382 e. The number of nitrogens with one attached hydrogen (secondary N) is 1. The maximum atomic E-state index is 7.32. The number of benzene rings is 3. The Hall–Kier alpha value is -4.36. The molecule has 0 amide bonds. The van der Waals surface area contributed by atoms with Gasteiger partial charge >= 0.3 is 0 Å². The number of nitriles is 1. The first-order chi connectivity index (χ1) is 17.5. The van der Waals surface area contributed by atoms with Gasteiger partial charge in [0.2, 0.25) is 0 Å². The molecule has 0 fully saturated rings. The maximum Gasteiger partial charge on any atom is 0.0743 e. The van der Waals surface area contributed by atoms with Crippen molar-refractivity contribution >= 4 is 5.69 Å². The van der Waals surface area contributed by atoms with Crippen LogP contribution in [0.25, 0.3) is 16.9 Å². The second-order valence-electron chi connectivity index (χ2n) is 8.70. The molecule has 0 aliphatic carbocycles. The number of aryl methyl sites for hydroxylation is 2. The smallest absolute Gasteiger partial charge is 0.0743 e. The molecule has 0 aliphatic heterocycles. The van der Waals surface area contributed by atoms with Crippen molar-refractivity contribution in [3.05, 3.63) is 127 Å². The van der Waals surface area contributed by atoms with Crippen LogP contribution in [0.5, 0.6) is 0 Å². The first-order valence-electron chi connectivity index (χ1n) is 12.1. The van der Waals surface area contributed by atoms with E-state index in [-0.39, 0.29) is 5.92 Å². The fourth-order valence-corrected chi connectivity index (χ4v) is 4.03. The molecule has 1 atom stereocenters. The molecule has 4 rings (SSSR count). The molecule has 1 aromatic heterocycles. The van der Waals surface area contributed by atoms with Gasteiger partial charge in [-0.2, -0.15) is 10.4 Å². The predicted molar refractivity (Wildman–Crippen MR) is 152 cm³/mol. The molecule has 0 saturated carbocycles. The summed E-state index contributed by atoms with van der Waals surface area (Å²) in [6.07, 6.45) is 4.69. The zero-order chi connectivity index (χ0) is 25.9. The summed E-state index contributed by atoms with van der Waals surface area (Å²) in [5.41, 5.74) is 9.15. The van der Waals surface area contributed by atoms with E-state index in [0.29, 0.717) is 0 Å². The van der Waals surface area contributed by atoms with Gasteiger partial charge in [0, 0.05) is 37.1 Å². The minimum absolute atomic E-state index is 0.213.